The van der Waals surface area contributed by atoms with Crippen LogP contribution < -0.4 is 5.32 Å². The Morgan fingerprint density at radius 1 is 1.43 bits per heavy atom. The first-order valence-electron chi connectivity index (χ1n) is 4.20. The van der Waals surface area contributed by atoms with E-state index in [9.17, 15) is 4.79 Å². The van der Waals surface area contributed by atoms with Crippen LogP contribution in [-0.2, 0) is 0 Å². The highest BCUT2D eigenvalue weighted by atomic mass is 16.2. The van der Waals surface area contributed by atoms with Crippen LogP contribution >= 0.6 is 0 Å². The van der Waals surface area contributed by atoms with Gasteiger partial charge in [0.2, 0.25) is 0 Å². The fraction of sp³-hybridized carbons (Fsp3) is 0.222. The van der Waals surface area contributed by atoms with Gasteiger partial charge in [-0.1, -0.05) is 0 Å². The van der Waals surface area contributed by atoms with Gasteiger partial charge in [0, 0.05) is 26.5 Å². The minimum absolute atomic E-state index is 0.122. The van der Waals surface area contributed by atoms with E-state index in [2.05, 4.69) is 15.4 Å². The highest BCUT2D eigenvalue weighted by Gasteiger charge is 2.24. The van der Waals surface area contributed by atoms with Gasteiger partial charge in [-0.25, -0.2) is 0 Å². The van der Waals surface area contributed by atoms with Crippen molar-refractivity contribution in [2.75, 3.05) is 14.1 Å². The number of nitrogens with one attached hydrogen (secondary N) is 1. The van der Waals surface area contributed by atoms with E-state index in [0.717, 1.165) is 5.56 Å². The molecule has 0 saturated heterocycles. The summed E-state index contributed by atoms with van der Waals surface area (Å²) in [6.07, 6.45) is 3.23. The highest BCUT2D eigenvalue weighted by molar-refractivity contribution is 6.23. The molecule has 0 fully saturated rings. The summed E-state index contributed by atoms with van der Waals surface area (Å²) in [6, 6.07) is 1.68. The Kier molecular flexibility index (Phi) is 1.92. The summed E-state index contributed by atoms with van der Waals surface area (Å²) in [5.41, 5.74) is 1.38. The molecule has 0 radical (unpaired) electrons. The Hall–Kier alpha value is -1.91. The van der Waals surface area contributed by atoms with Crippen molar-refractivity contribution in [3.8, 4) is 0 Å². The normalized spacial score (nSPS) is 16.7. The average molecular weight is 190 g/mol. The van der Waals surface area contributed by atoms with Gasteiger partial charge in [-0.2, -0.15) is 5.10 Å². The summed E-state index contributed by atoms with van der Waals surface area (Å²) in [7, 11) is 3.60. The van der Waals surface area contributed by atoms with E-state index < -0.39 is 0 Å². The van der Waals surface area contributed by atoms with Crippen molar-refractivity contribution in [1.82, 2.24) is 15.3 Å². The lowest BCUT2D eigenvalue weighted by molar-refractivity contribution is 0.0983. The Morgan fingerprint density at radius 3 is 2.93 bits per heavy atom. The van der Waals surface area contributed by atoms with Crippen molar-refractivity contribution in [3.63, 3.8) is 0 Å². The van der Waals surface area contributed by atoms with Crippen LogP contribution in [-0.4, -0.2) is 35.8 Å². The largest absolute Gasteiger partial charge is 0.305 e. The fourth-order valence-electron chi connectivity index (χ4n) is 1.30. The van der Waals surface area contributed by atoms with Crippen LogP contribution in [0.2, 0.25) is 0 Å². The standard InChI is InChI=1S/C9H10N4O/c1-13(2)12-8-7-5-10-4-3-6(7)9(14)11-8/h3-5H,1-2H3,(H,11,12,14). The number of hydrazone groups is 1. The monoisotopic (exact) mass is 190 g/mol. The molecular formula is C9H10N4O. The first kappa shape index (κ1) is 8.68. The number of pyridine rings is 1. The van der Waals surface area contributed by atoms with Crippen LogP contribution in [0, 0.1) is 0 Å². The van der Waals surface area contributed by atoms with Gasteiger partial charge in [-0.3, -0.25) is 9.78 Å². The van der Waals surface area contributed by atoms with Crippen LogP contribution in [0.15, 0.2) is 23.6 Å². The van der Waals surface area contributed by atoms with Crippen molar-refractivity contribution in [3.05, 3.63) is 29.6 Å². The maximum Gasteiger partial charge on any atom is 0.257 e. The van der Waals surface area contributed by atoms with Gasteiger partial charge in [-0.05, 0) is 6.07 Å². The number of amidine groups is 1. The quantitative estimate of drug-likeness (QED) is 0.636. The molecule has 14 heavy (non-hydrogen) atoms. The second-order valence-corrected chi connectivity index (χ2v) is 3.17. The molecular weight excluding hydrogens is 180 g/mol. The lowest BCUT2D eigenvalue weighted by Crippen LogP contribution is -2.23. The minimum atomic E-state index is -0.122. The molecule has 0 aromatic carbocycles. The molecule has 1 aromatic heterocycles. The SMILES string of the molecule is CN(C)/N=C1/NC(=O)c2ccncc21. The number of amides is 1. The number of hydrogen-bond donors (Lipinski definition) is 1. The maximum atomic E-state index is 11.4. The van der Waals surface area contributed by atoms with E-state index in [1.165, 1.54) is 0 Å². The number of fused-ring (bicyclic) bond motifs is 1. The summed E-state index contributed by atoms with van der Waals surface area (Å²) in [6.45, 7) is 0. The lowest BCUT2D eigenvalue weighted by Gasteiger charge is -2.05. The van der Waals surface area contributed by atoms with Gasteiger partial charge < -0.3 is 10.3 Å². The predicted octanol–water partition coefficient (Wildman–Crippen LogP) is 0.0482. The van der Waals surface area contributed by atoms with Crippen LogP contribution in [0.25, 0.3) is 0 Å². The number of carbonyl (C=O) groups excluding carboxylic acids is 1. The summed E-state index contributed by atoms with van der Waals surface area (Å²) in [5, 5.41) is 8.46. The van der Waals surface area contributed by atoms with E-state index in [4.69, 9.17) is 0 Å². The minimum Gasteiger partial charge on any atom is -0.305 e. The van der Waals surface area contributed by atoms with Crippen molar-refractivity contribution >= 4 is 11.7 Å². The Balaban J connectivity index is 2.49. The summed E-state index contributed by atoms with van der Waals surface area (Å²) < 4.78 is 0. The first-order valence-corrected chi connectivity index (χ1v) is 4.20. The number of aromatic nitrogens is 1. The summed E-state index contributed by atoms with van der Waals surface area (Å²) >= 11 is 0. The second kappa shape index (κ2) is 3.10. The van der Waals surface area contributed by atoms with Gasteiger partial charge in [0.15, 0.2) is 5.84 Å². The molecule has 1 aliphatic heterocycles. The number of rotatable bonds is 1. The van der Waals surface area contributed by atoms with Crippen LogP contribution in [0.1, 0.15) is 15.9 Å². The van der Waals surface area contributed by atoms with Gasteiger partial charge >= 0.3 is 0 Å². The van der Waals surface area contributed by atoms with E-state index in [1.807, 2.05) is 0 Å². The lowest BCUT2D eigenvalue weighted by atomic mass is 10.2. The number of hydrogen-bond acceptors (Lipinski definition) is 4. The topological polar surface area (TPSA) is 57.6 Å². The molecule has 1 aromatic rings. The van der Waals surface area contributed by atoms with Gasteiger partial charge in [0.25, 0.3) is 5.91 Å². The van der Waals surface area contributed by atoms with Crippen molar-refractivity contribution in [2.24, 2.45) is 5.10 Å². The third-order valence-corrected chi connectivity index (χ3v) is 1.85. The molecule has 2 rings (SSSR count). The first-order chi connectivity index (χ1) is 6.68. The Morgan fingerprint density at radius 2 is 2.21 bits per heavy atom. The summed E-state index contributed by atoms with van der Waals surface area (Å²) in [5.74, 6) is 0.436. The molecule has 5 heteroatoms. The van der Waals surface area contributed by atoms with Crippen molar-refractivity contribution in [1.29, 1.82) is 0 Å². The molecule has 0 bridgehead atoms. The van der Waals surface area contributed by atoms with E-state index in [-0.39, 0.29) is 5.91 Å². The zero-order valence-electron chi connectivity index (χ0n) is 7.98. The third-order valence-electron chi connectivity index (χ3n) is 1.85. The maximum absolute atomic E-state index is 11.4. The molecule has 72 valence electrons. The average Bonchev–Trinajstić information content (AvgIpc) is 2.44. The van der Waals surface area contributed by atoms with Gasteiger partial charge in [0.1, 0.15) is 0 Å². The van der Waals surface area contributed by atoms with E-state index >= 15 is 0 Å². The fourth-order valence-corrected chi connectivity index (χ4v) is 1.30. The van der Waals surface area contributed by atoms with Gasteiger partial charge in [0.05, 0.1) is 11.1 Å². The second-order valence-electron chi connectivity index (χ2n) is 3.17. The van der Waals surface area contributed by atoms with Crippen LogP contribution in [0.3, 0.4) is 0 Å². The molecule has 0 atom stereocenters. The van der Waals surface area contributed by atoms with Crippen molar-refractivity contribution in [2.45, 2.75) is 0 Å². The molecule has 1 amide bonds. The molecule has 1 aliphatic rings. The van der Waals surface area contributed by atoms with Gasteiger partial charge in [-0.15, -0.1) is 0 Å². The van der Waals surface area contributed by atoms with E-state index in [1.54, 1.807) is 37.6 Å². The predicted molar refractivity (Wildman–Crippen MR) is 51.9 cm³/mol. The molecule has 1 N–H and O–H groups in total. The molecule has 5 nitrogen and oxygen atoms in total. The number of carbonyl (C=O) groups is 1. The third kappa shape index (κ3) is 1.32. The van der Waals surface area contributed by atoms with Crippen molar-refractivity contribution < 1.29 is 4.79 Å². The molecule has 0 unspecified atom stereocenters. The summed E-state index contributed by atoms with van der Waals surface area (Å²) in [4.78, 5) is 15.4. The molecule has 0 saturated carbocycles. The smallest absolute Gasteiger partial charge is 0.257 e. The Labute approximate surface area is 81.4 Å². The Bertz CT molecular complexity index is 411. The number of nitrogens with zero attached hydrogens (tertiary/aromatic N) is 3. The molecule has 2 heterocycles. The highest BCUT2D eigenvalue weighted by Crippen LogP contribution is 2.13. The zero-order chi connectivity index (χ0) is 10.1. The molecule has 0 spiro atoms. The molecule has 0 aliphatic carbocycles. The van der Waals surface area contributed by atoms with Crippen LogP contribution in [0.5, 0.6) is 0 Å². The zero-order valence-corrected chi connectivity index (χ0v) is 7.98. The van der Waals surface area contributed by atoms with Crippen LogP contribution in [0.4, 0.5) is 0 Å². The van der Waals surface area contributed by atoms with E-state index in [0.29, 0.717) is 11.4 Å².